The summed E-state index contributed by atoms with van der Waals surface area (Å²) in [5.74, 6) is 0.164. The number of carbonyl (C=O) groups excluding carboxylic acids is 1. The molecule has 2 nitrogen and oxygen atoms in total. The Bertz CT molecular complexity index is 396. The SMILES string of the molecule is Cc1cc(C)c(CC(=O)NC2CC2)c(C)c1. The van der Waals surface area contributed by atoms with Gasteiger partial charge in [-0.25, -0.2) is 0 Å². The number of nitrogens with one attached hydrogen (secondary N) is 1. The number of amides is 1. The number of hydrogen-bond acceptors (Lipinski definition) is 1. The van der Waals surface area contributed by atoms with Crippen LogP contribution in [0.2, 0.25) is 0 Å². The van der Waals surface area contributed by atoms with Crippen molar-refractivity contribution in [3.8, 4) is 0 Å². The van der Waals surface area contributed by atoms with Crippen LogP contribution in [0.1, 0.15) is 35.1 Å². The van der Waals surface area contributed by atoms with E-state index in [2.05, 4.69) is 38.2 Å². The molecule has 1 N–H and O–H groups in total. The van der Waals surface area contributed by atoms with E-state index < -0.39 is 0 Å². The average Bonchev–Trinajstić information content (AvgIpc) is 2.95. The molecule has 0 aromatic heterocycles. The molecule has 1 amide bonds. The molecule has 1 aliphatic carbocycles. The predicted molar refractivity (Wildman–Crippen MR) is 65.5 cm³/mol. The fourth-order valence-electron chi connectivity index (χ4n) is 2.16. The number of carbonyl (C=O) groups is 1. The van der Waals surface area contributed by atoms with Crippen LogP contribution in [0.25, 0.3) is 0 Å². The van der Waals surface area contributed by atoms with Crippen LogP contribution in [0.4, 0.5) is 0 Å². The van der Waals surface area contributed by atoms with Crippen molar-refractivity contribution in [3.05, 3.63) is 34.4 Å². The molecular formula is C14H19NO. The highest BCUT2D eigenvalue weighted by molar-refractivity contribution is 5.80. The van der Waals surface area contributed by atoms with Gasteiger partial charge in [0.05, 0.1) is 6.42 Å². The molecule has 0 heterocycles. The lowest BCUT2D eigenvalue weighted by Crippen LogP contribution is -2.27. The van der Waals surface area contributed by atoms with Gasteiger partial charge in [-0.3, -0.25) is 4.79 Å². The molecule has 1 fully saturated rings. The second-order valence-corrected chi connectivity index (χ2v) is 4.90. The third kappa shape index (κ3) is 2.63. The van der Waals surface area contributed by atoms with Gasteiger partial charge in [0.15, 0.2) is 0 Å². The van der Waals surface area contributed by atoms with Gasteiger partial charge >= 0.3 is 0 Å². The highest BCUT2D eigenvalue weighted by Crippen LogP contribution is 2.20. The number of aryl methyl sites for hydroxylation is 3. The minimum atomic E-state index is 0.164. The van der Waals surface area contributed by atoms with E-state index in [4.69, 9.17) is 0 Å². The van der Waals surface area contributed by atoms with Gasteiger partial charge in [0.25, 0.3) is 0 Å². The summed E-state index contributed by atoms with van der Waals surface area (Å²) in [4.78, 5) is 11.7. The van der Waals surface area contributed by atoms with Crippen molar-refractivity contribution in [1.29, 1.82) is 0 Å². The Balaban J connectivity index is 2.10. The summed E-state index contributed by atoms with van der Waals surface area (Å²) in [5.41, 5.74) is 4.90. The highest BCUT2D eigenvalue weighted by atomic mass is 16.1. The largest absolute Gasteiger partial charge is 0.353 e. The second kappa shape index (κ2) is 4.28. The topological polar surface area (TPSA) is 29.1 Å². The standard InChI is InChI=1S/C14H19NO/c1-9-6-10(2)13(11(3)7-9)8-14(16)15-12-4-5-12/h6-7,12H,4-5,8H2,1-3H3,(H,15,16). The Kier molecular flexibility index (Phi) is 2.99. The minimum absolute atomic E-state index is 0.164. The normalized spacial score (nSPS) is 14.9. The molecule has 0 saturated heterocycles. The maximum atomic E-state index is 11.7. The first kappa shape index (κ1) is 11.2. The zero-order valence-corrected chi connectivity index (χ0v) is 10.3. The van der Waals surface area contributed by atoms with E-state index in [1.54, 1.807) is 0 Å². The monoisotopic (exact) mass is 217 g/mol. The van der Waals surface area contributed by atoms with Crippen molar-refractivity contribution in [1.82, 2.24) is 5.32 Å². The van der Waals surface area contributed by atoms with Crippen LogP contribution in [0.5, 0.6) is 0 Å². The predicted octanol–water partition coefficient (Wildman–Crippen LogP) is 2.43. The molecule has 0 atom stereocenters. The van der Waals surface area contributed by atoms with Gasteiger partial charge in [-0.15, -0.1) is 0 Å². The van der Waals surface area contributed by atoms with Gasteiger partial charge < -0.3 is 5.32 Å². The van der Waals surface area contributed by atoms with Crippen LogP contribution in [-0.2, 0) is 11.2 Å². The third-order valence-electron chi connectivity index (χ3n) is 3.12. The van der Waals surface area contributed by atoms with E-state index in [-0.39, 0.29) is 5.91 Å². The smallest absolute Gasteiger partial charge is 0.224 e. The molecule has 0 radical (unpaired) electrons. The Morgan fingerprint density at radius 3 is 2.31 bits per heavy atom. The van der Waals surface area contributed by atoms with Crippen LogP contribution in [0.15, 0.2) is 12.1 Å². The molecule has 86 valence electrons. The summed E-state index contributed by atoms with van der Waals surface area (Å²) < 4.78 is 0. The van der Waals surface area contributed by atoms with Crippen LogP contribution >= 0.6 is 0 Å². The zero-order valence-electron chi connectivity index (χ0n) is 10.3. The molecule has 0 bridgehead atoms. The number of benzene rings is 1. The molecule has 16 heavy (non-hydrogen) atoms. The highest BCUT2D eigenvalue weighted by Gasteiger charge is 2.23. The fourth-order valence-corrected chi connectivity index (χ4v) is 2.16. The van der Waals surface area contributed by atoms with E-state index >= 15 is 0 Å². The van der Waals surface area contributed by atoms with E-state index in [1.807, 2.05) is 0 Å². The van der Waals surface area contributed by atoms with E-state index in [1.165, 1.54) is 22.3 Å². The lowest BCUT2D eigenvalue weighted by atomic mass is 9.97. The molecular weight excluding hydrogens is 198 g/mol. The van der Waals surface area contributed by atoms with E-state index in [0.717, 1.165) is 12.8 Å². The first-order chi connectivity index (χ1) is 7.56. The Morgan fingerprint density at radius 1 is 1.25 bits per heavy atom. The Morgan fingerprint density at radius 2 is 1.81 bits per heavy atom. The summed E-state index contributed by atoms with van der Waals surface area (Å²) in [7, 11) is 0. The van der Waals surface area contributed by atoms with E-state index in [9.17, 15) is 4.79 Å². The lowest BCUT2D eigenvalue weighted by molar-refractivity contribution is -0.120. The molecule has 1 aliphatic rings. The van der Waals surface area contributed by atoms with Gasteiger partial charge in [0, 0.05) is 6.04 Å². The molecule has 0 aliphatic heterocycles. The molecule has 1 aromatic carbocycles. The summed E-state index contributed by atoms with van der Waals surface area (Å²) in [6, 6.07) is 4.75. The van der Waals surface area contributed by atoms with Crippen LogP contribution in [0.3, 0.4) is 0 Å². The maximum absolute atomic E-state index is 11.7. The summed E-state index contributed by atoms with van der Waals surface area (Å²) >= 11 is 0. The molecule has 2 heteroatoms. The van der Waals surface area contributed by atoms with Crippen molar-refractivity contribution < 1.29 is 4.79 Å². The molecule has 2 rings (SSSR count). The van der Waals surface area contributed by atoms with Gasteiger partial charge in [-0.2, -0.15) is 0 Å². The van der Waals surface area contributed by atoms with Gasteiger partial charge in [-0.1, -0.05) is 17.7 Å². The van der Waals surface area contributed by atoms with Crippen molar-refractivity contribution in [2.45, 2.75) is 46.1 Å². The summed E-state index contributed by atoms with van der Waals surface area (Å²) in [6.07, 6.45) is 2.82. The minimum Gasteiger partial charge on any atom is -0.353 e. The van der Waals surface area contributed by atoms with E-state index in [0.29, 0.717) is 12.5 Å². The molecule has 0 spiro atoms. The van der Waals surface area contributed by atoms with Crippen molar-refractivity contribution in [3.63, 3.8) is 0 Å². The Hall–Kier alpha value is -1.31. The van der Waals surface area contributed by atoms with Crippen LogP contribution in [-0.4, -0.2) is 11.9 Å². The fraction of sp³-hybridized carbons (Fsp3) is 0.500. The number of rotatable bonds is 3. The van der Waals surface area contributed by atoms with Crippen molar-refractivity contribution >= 4 is 5.91 Å². The summed E-state index contributed by atoms with van der Waals surface area (Å²) in [6.45, 7) is 6.26. The van der Waals surface area contributed by atoms with Gasteiger partial charge in [0.2, 0.25) is 5.91 Å². The van der Waals surface area contributed by atoms with Crippen LogP contribution in [0, 0.1) is 20.8 Å². The molecule has 0 unspecified atom stereocenters. The maximum Gasteiger partial charge on any atom is 0.224 e. The van der Waals surface area contributed by atoms with Crippen LogP contribution < -0.4 is 5.32 Å². The third-order valence-corrected chi connectivity index (χ3v) is 3.12. The first-order valence-electron chi connectivity index (χ1n) is 5.92. The second-order valence-electron chi connectivity index (χ2n) is 4.90. The van der Waals surface area contributed by atoms with Crippen molar-refractivity contribution in [2.24, 2.45) is 0 Å². The lowest BCUT2D eigenvalue weighted by Gasteiger charge is -2.11. The Labute approximate surface area is 97.1 Å². The first-order valence-corrected chi connectivity index (χ1v) is 5.92. The zero-order chi connectivity index (χ0) is 11.7. The van der Waals surface area contributed by atoms with Gasteiger partial charge in [-0.05, 0) is 50.3 Å². The quantitative estimate of drug-likeness (QED) is 0.827. The average molecular weight is 217 g/mol. The van der Waals surface area contributed by atoms with Gasteiger partial charge in [0.1, 0.15) is 0 Å². The molecule has 1 aromatic rings. The summed E-state index contributed by atoms with van der Waals surface area (Å²) in [5, 5.41) is 3.03. The molecule has 1 saturated carbocycles. The number of hydrogen-bond donors (Lipinski definition) is 1. The van der Waals surface area contributed by atoms with Crippen molar-refractivity contribution in [2.75, 3.05) is 0 Å².